The van der Waals surface area contributed by atoms with Crippen LogP contribution in [0.25, 0.3) is 0 Å². The lowest BCUT2D eigenvalue weighted by Crippen LogP contribution is -2.50. The summed E-state index contributed by atoms with van der Waals surface area (Å²) in [6.07, 6.45) is 6.94. The molecule has 0 aromatic heterocycles. The van der Waals surface area contributed by atoms with E-state index < -0.39 is 14.6 Å². The van der Waals surface area contributed by atoms with Crippen LogP contribution in [0, 0.1) is 0 Å². The van der Waals surface area contributed by atoms with E-state index in [4.69, 9.17) is 4.74 Å². The molecule has 18 heavy (non-hydrogen) atoms. The summed E-state index contributed by atoms with van der Waals surface area (Å²) in [4.78, 5) is 0. The first kappa shape index (κ1) is 15.9. The molecular formula is C13H27NO3S. The predicted octanol–water partition coefficient (Wildman–Crippen LogP) is 1.75. The summed E-state index contributed by atoms with van der Waals surface area (Å²) < 4.78 is 28.5. The van der Waals surface area contributed by atoms with Crippen LogP contribution in [0.5, 0.6) is 0 Å². The number of hydrogen-bond donors (Lipinski definition) is 1. The summed E-state index contributed by atoms with van der Waals surface area (Å²) >= 11 is 0. The molecule has 0 saturated carbocycles. The highest BCUT2D eigenvalue weighted by molar-refractivity contribution is 7.92. The van der Waals surface area contributed by atoms with Gasteiger partial charge in [0, 0.05) is 18.9 Å². The summed E-state index contributed by atoms with van der Waals surface area (Å²) in [5, 5.41) is 3.15. The molecule has 1 aliphatic heterocycles. The average Bonchev–Trinajstić information content (AvgIpc) is 2.75. The molecule has 0 aromatic rings. The molecule has 1 saturated heterocycles. The van der Waals surface area contributed by atoms with Gasteiger partial charge >= 0.3 is 0 Å². The Morgan fingerprint density at radius 1 is 1.44 bits per heavy atom. The molecule has 2 atom stereocenters. The van der Waals surface area contributed by atoms with Gasteiger partial charge in [-0.25, -0.2) is 8.42 Å². The summed E-state index contributed by atoms with van der Waals surface area (Å²) in [5.41, 5.74) is 0. The molecule has 0 spiro atoms. The largest absolute Gasteiger partial charge is 0.378 e. The number of ether oxygens (including phenoxy) is 1. The van der Waals surface area contributed by atoms with Gasteiger partial charge in [-0.2, -0.15) is 0 Å². The van der Waals surface area contributed by atoms with Gasteiger partial charge in [-0.1, -0.05) is 0 Å². The van der Waals surface area contributed by atoms with Crippen molar-refractivity contribution in [2.75, 3.05) is 19.9 Å². The second-order valence-electron chi connectivity index (χ2n) is 5.78. The Morgan fingerprint density at radius 3 is 2.56 bits per heavy atom. The van der Waals surface area contributed by atoms with Gasteiger partial charge in [-0.15, -0.1) is 0 Å². The maximum absolute atomic E-state index is 11.8. The van der Waals surface area contributed by atoms with Crippen LogP contribution in [0.3, 0.4) is 0 Å². The van der Waals surface area contributed by atoms with Gasteiger partial charge in [-0.05, 0) is 53.0 Å². The summed E-state index contributed by atoms with van der Waals surface area (Å²) in [7, 11) is -1.22. The number of sulfone groups is 1. The maximum atomic E-state index is 11.8. The van der Waals surface area contributed by atoms with E-state index in [2.05, 4.69) is 5.32 Å². The van der Waals surface area contributed by atoms with Gasteiger partial charge in [-0.3, -0.25) is 0 Å². The lowest BCUT2D eigenvalue weighted by atomic mass is 9.96. The molecular weight excluding hydrogens is 250 g/mol. The van der Waals surface area contributed by atoms with Crippen molar-refractivity contribution in [1.82, 2.24) is 5.32 Å². The molecule has 1 N–H and O–H groups in total. The first-order valence-corrected chi connectivity index (χ1v) is 8.66. The monoisotopic (exact) mass is 277 g/mol. The zero-order valence-corrected chi connectivity index (χ0v) is 12.8. The summed E-state index contributed by atoms with van der Waals surface area (Å²) in [5.74, 6) is 0. The molecule has 0 aromatic carbocycles. The highest BCUT2D eigenvalue weighted by Crippen LogP contribution is 2.25. The molecule has 0 bridgehead atoms. The van der Waals surface area contributed by atoms with Crippen molar-refractivity contribution in [1.29, 1.82) is 0 Å². The van der Waals surface area contributed by atoms with E-state index in [1.807, 2.05) is 7.05 Å². The molecule has 1 fully saturated rings. The van der Waals surface area contributed by atoms with Crippen molar-refractivity contribution >= 4 is 9.84 Å². The fourth-order valence-electron chi connectivity index (χ4n) is 2.52. The van der Waals surface area contributed by atoms with Crippen LogP contribution >= 0.6 is 0 Å². The van der Waals surface area contributed by atoms with E-state index in [0.717, 1.165) is 38.7 Å². The molecule has 2 unspecified atom stereocenters. The van der Waals surface area contributed by atoms with Crippen LogP contribution in [-0.4, -0.2) is 45.2 Å². The Hall–Kier alpha value is -0.130. The average molecular weight is 277 g/mol. The molecule has 5 heteroatoms. The van der Waals surface area contributed by atoms with Gasteiger partial charge in [0.05, 0.1) is 10.9 Å². The normalized spacial score (nSPS) is 23.2. The fraction of sp³-hybridized carbons (Fsp3) is 1.00. The second-order valence-corrected chi connectivity index (χ2v) is 8.38. The van der Waals surface area contributed by atoms with Crippen molar-refractivity contribution in [2.24, 2.45) is 0 Å². The zero-order valence-electron chi connectivity index (χ0n) is 12.0. The molecule has 0 radical (unpaired) electrons. The zero-order chi connectivity index (χ0) is 13.8. The molecule has 0 amide bonds. The predicted molar refractivity (Wildman–Crippen MR) is 74.6 cm³/mol. The third kappa shape index (κ3) is 3.93. The first-order chi connectivity index (χ1) is 8.29. The molecule has 1 aliphatic rings. The van der Waals surface area contributed by atoms with Crippen molar-refractivity contribution in [2.45, 2.75) is 62.8 Å². The Kier molecular flexibility index (Phi) is 5.62. The minimum Gasteiger partial charge on any atom is -0.378 e. The minimum atomic E-state index is -3.06. The molecule has 4 nitrogen and oxygen atoms in total. The van der Waals surface area contributed by atoms with E-state index in [0.29, 0.717) is 6.10 Å². The lowest BCUT2D eigenvalue weighted by Gasteiger charge is -2.32. The SMILES string of the molecule is CNC(CCCC1CCCO1)C(C)(C)S(C)(=O)=O. The Morgan fingerprint density at radius 2 is 2.11 bits per heavy atom. The van der Waals surface area contributed by atoms with Crippen LogP contribution in [0.2, 0.25) is 0 Å². The van der Waals surface area contributed by atoms with Crippen LogP contribution in [0.15, 0.2) is 0 Å². The molecule has 1 rings (SSSR count). The van der Waals surface area contributed by atoms with E-state index in [9.17, 15) is 8.42 Å². The smallest absolute Gasteiger partial charge is 0.154 e. The Bertz CT molecular complexity index is 345. The summed E-state index contributed by atoms with van der Waals surface area (Å²) in [6.45, 7) is 4.49. The van der Waals surface area contributed by atoms with Gasteiger partial charge in [0.2, 0.25) is 0 Å². The lowest BCUT2D eigenvalue weighted by molar-refractivity contribution is 0.101. The first-order valence-electron chi connectivity index (χ1n) is 6.77. The second kappa shape index (κ2) is 6.35. The maximum Gasteiger partial charge on any atom is 0.154 e. The van der Waals surface area contributed by atoms with Crippen LogP contribution < -0.4 is 5.32 Å². The van der Waals surface area contributed by atoms with Crippen molar-refractivity contribution in [3.05, 3.63) is 0 Å². The van der Waals surface area contributed by atoms with E-state index in [1.54, 1.807) is 13.8 Å². The number of rotatable bonds is 7. The minimum absolute atomic E-state index is 0.00565. The molecule has 108 valence electrons. The number of nitrogens with one attached hydrogen (secondary N) is 1. The van der Waals surface area contributed by atoms with E-state index in [-0.39, 0.29) is 6.04 Å². The third-order valence-electron chi connectivity index (χ3n) is 4.19. The van der Waals surface area contributed by atoms with Gasteiger partial charge in [0.25, 0.3) is 0 Å². The van der Waals surface area contributed by atoms with Gasteiger partial charge in [0.1, 0.15) is 0 Å². The third-order valence-corrected chi connectivity index (χ3v) is 6.38. The number of hydrogen-bond acceptors (Lipinski definition) is 4. The van der Waals surface area contributed by atoms with Crippen molar-refractivity contribution in [3.8, 4) is 0 Å². The Labute approximate surface area is 111 Å². The van der Waals surface area contributed by atoms with Crippen molar-refractivity contribution < 1.29 is 13.2 Å². The van der Waals surface area contributed by atoms with Crippen LogP contribution in [0.1, 0.15) is 46.0 Å². The van der Waals surface area contributed by atoms with Gasteiger partial charge < -0.3 is 10.1 Å². The van der Waals surface area contributed by atoms with Crippen LogP contribution in [0.4, 0.5) is 0 Å². The quantitative estimate of drug-likeness (QED) is 0.770. The standard InChI is InChI=1S/C13H27NO3S/c1-13(2,18(4,15)16)12(14-3)9-5-7-11-8-6-10-17-11/h11-12,14H,5-10H2,1-4H3. The van der Waals surface area contributed by atoms with Crippen LogP contribution in [-0.2, 0) is 14.6 Å². The highest BCUT2D eigenvalue weighted by Gasteiger charge is 2.37. The van der Waals surface area contributed by atoms with E-state index >= 15 is 0 Å². The van der Waals surface area contributed by atoms with Crippen molar-refractivity contribution in [3.63, 3.8) is 0 Å². The Balaban J connectivity index is 2.46. The highest BCUT2D eigenvalue weighted by atomic mass is 32.2. The summed E-state index contributed by atoms with van der Waals surface area (Å²) in [6, 6.07) is -0.00565. The molecule has 1 heterocycles. The molecule has 0 aliphatic carbocycles. The fourth-order valence-corrected chi connectivity index (χ4v) is 3.27. The topological polar surface area (TPSA) is 55.4 Å². The van der Waals surface area contributed by atoms with E-state index in [1.165, 1.54) is 6.26 Å². The van der Waals surface area contributed by atoms with Gasteiger partial charge in [0.15, 0.2) is 9.84 Å².